The largest absolute Gasteiger partial charge is 0.416 e. The van der Waals surface area contributed by atoms with Crippen LogP contribution in [0.25, 0.3) is 0 Å². The molecule has 2 saturated heterocycles. The molecule has 5 rings (SSSR count). The van der Waals surface area contributed by atoms with Gasteiger partial charge in [-0.3, -0.25) is 9.59 Å². The Morgan fingerprint density at radius 3 is 2.66 bits per heavy atom. The average Bonchev–Trinajstić information content (AvgIpc) is 3.43. The van der Waals surface area contributed by atoms with E-state index in [0.29, 0.717) is 18.5 Å². The minimum absolute atomic E-state index is 0.0465. The van der Waals surface area contributed by atoms with Gasteiger partial charge in [0, 0.05) is 44.7 Å². The molecule has 0 radical (unpaired) electrons. The van der Waals surface area contributed by atoms with Gasteiger partial charge in [-0.15, -0.1) is 0 Å². The molecule has 5 nitrogen and oxygen atoms in total. The van der Waals surface area contributed by atoms with Gasteiger partial charge in [0.15, 0.2) is 0 Å². The number of halogens is 3. The molecule has 2 amide bonds. The zero-order valence-corrected chi connectivity index (χ0v) is 18.5. The Bertz CT molecular complexity index is 949. The molecule has 3 fully saturated rings. The van der Waals surface area contributed by atoms with E-state index in [4.69, 9.17) is 0 Å². The number of amides is 2. The van der Waals surface area contributed by atoms with Crippen LogP contribution in [0.5, 0.6) is 0 Å². The number of carbonyl (C=O) groups excluding carboxylic acids is 2. The van der Waals surface area contributed by atoms with Crippen LogP contribution in [0, 0.1) is 11.3 Å². The number of hydrogen-bond acceptors (Lipinski definition) is 3. The van der Waals surface area contributed by atoms with E-state index in [0.717, 1.165) is 43.9 Å². The summed E-state index contributed by atoms with van der Waals surface area (Å²) in [6, 6.07) is 4.52. The van der Waals surface area contributed by atoms with Gasteiger partial charge in [-0.1, -0.05) is 13.0 Å². The normalized spacial score (nSPS) is 34.3. The fraction of sp³-hybridized carbons (Fsp3) is 0.667. The summed E-state index contributed by atoms with van der Waals surface area (Å²) >= 11 is 0. The van der Waals surface area contributed by atoms with E-state index in [9.17, 15) is 22.8 Å². The molecule has 1 aliphatic carbocycles. The number of fused-ring (bicyclic) bond motifs is 2. The Hall–Kier alpha value is -2.09. The first-order valence-electron chi connectivity index (χ1n) is 11.6. The molecule has 1 saturated carbocycles. The molecule has 1 aromatic carbocycles. The summed E-state index contributed by atoms with van der Waals surface area (Å²) in [4.78, 5) is 28.9. The lowest BCUT2D eigenvalue weighted by molar-refractivity contribution is -0.138. The van der Waals surface area contributed by atoms with Crippen molar-refractivity contribution < 1.29 is 22.8 Å². The van der Waals surface area contributed by atoms with E-state index in [1.807, 2.05) is 9.80 Å². The molecule has 3 unspecified atom stereocenters. The number of carbonyl (C=O) groups is 2. The maximum Gasteiger partial charge on any atom is 0.416 e. The number of nitrogens with one attached hydrogen (secondary N) is 1. The molecule has 0 aromatic heterocycles. The summed E-state index contributed by atoms with van der Waals surface area (Å²) < 4.78 is 39.5. The molecule has 174 valence electrons. The first-order valence-corrected chi connectivity index (χ1v) is 11.6. The zero-order valence-electron chi connectivity index (χ0n) is 18.5. The SMILES string of the molecule is CC(=O)N1CCC(N[C@@H]2CC[C@@]3(C2)C(=O)N2Cc4cc(C(F)(F)F)ccc4CC2C3C)C1. The number of hydrogen-bond donors (Lipinski definition) is 1. The second kappa shape index (κ2) is 7.47. The molecule has 5 atom stereocenters. The van der Waals surface area contributed by atoms with E-state index in [1.54, 1.807) is 13.0 Å². The standard InChI is InChI=1S/C24H30F3N3O2/c1-14-21-10-16-3-4-18(24(25,26)27)9-17(16)12-30(21)22(32)23(14)7-5-19(11-23)28-20-6-8-29(13-20)15(2)31/h3-4,9,14,19-21,28H,5-8,10-13H2,1-2H3/t14?,19-,20?,21?,23+/m1/s1. The van der Waals surface area contributed by atoms with Crippen molar-refractivity contribution in [2.45, 2.75) is 76.8 Å². The lowest BCUT2D eigenvalue weighted by Crippen LogP contribution is -2.41. The molecule has 4 aliphatic rings. The fourth-order valence-electron chi connectivity index (χ4n) is 6.64. The second-order valence-electron chi connectivity index (χ2n) is 10.2. The summed E-state index contributed by atoms with van der Waals surface area (Å²) in [5.41, 5.74) is 0.469. The van der Waals surface area contributed by atoms with Crippen LogP contribution in [0.1, 0.15) is 56.2 Å². The lowest BCUT2D eigenvalue weighted by atomic mass is 9.73. The number of rotatable bonds is 2. The van der Waals surface area contributed by atoms with Gasteiger partial charge < -0.3 is 15.1 Å². The highest BCUT2D eigenvalue weighted by Gasteiger charge is 2.60. The summed E-state index contributed by atoms with van der Waals surface area (Å²) in [5, 5.41) is 3.69. The molecular weight excluding hydrogens is 419 g/mol. The minimum Gasteiger partial charge on any atom is -0.341 e. The molecule has 1 spiro atoms. The highest BCUT2D eigenvalue weighted by molar-refractivity contribution is 5.87. The van der Waals surface area contributed by atoms with E-state index < -0.39 is 17.2 Å². The van der Waals surface area contributed by atoms with Gasteiger partial charge in [-0.05, 0) is 61.3 Å². The van der Waals surface area contributed by atoms with E-state index >= 15 is 0 Å². The highest BCUT2D eigenvalue weighted by Crippen LogP contribution is 2.54. The van der Waals surface area contributed by atoms with Crippen molar-refractivity contribution in [1.82, 2.24) is 15.1 Å². The molecular formula is C24H30F3N3O2. The van der Waals surface area contributed by atoms with Gasteiger partial charge in [-0.2, -0.15) is 13.2 Å². The highest BCUT2D eigenvalue weighted by atomic mass is 19.4. The molecule has 8 heteroatoms. The zero-order chi connectivity index (χ0) is 22.8. The fourth-order valence-corrected chi connectivity index (χ4v) is 6.64. The number of benzene rings is 1. The van der Waals surface area contributed by atoms with Crippen LogP contribution in [0.3, 0.4) is 0 Å². The predicted octanol–water partition coefficient (Wildman–Crippen LogP) is 3.36. The smallest absolute Gasteiger partial charge is 0.341 e. The van der Waals surface area contributed by atoms with Crippen LogP contribution in [0.4, 0.5) is 13.2 Å². The molecule has 1 aromatic rings. The van der Waals surface area contributed by atoms with Gasteiger partial charge in [0.2, 0.25) is 11.8 Å². The molecule has 32 heavy (non-hydrogen) atoms. The quantitative estimate of drug-likeness (QED) is 0.754. The number of likely N-dealkylation sites (tertiary alicyclic amines) is 1. The van der Waals surface area contributed by atoms with Gasteiger partial charge in [0.1, 0.15) is 0 Å². The van der Waals surface area contributed by atoms with Crippen LogP contribution in [0.2, 0.25) is 0 Å². The summed E-state index contributed by atoms with van der Waals surface area (Å²) in [7, 11) is 0. The number of alkyl halides is 3. The van der Waals surface area contributed by atoms with Crippen molar-refractivity contribution in [3.63, 3.8) is 0 Å². The van der Waals surface area contributed by atoms with Crippen molar-refractivity contribution in [2.75, 3.05) is 13.1 Å². The summed E-state index contributed by atoms with van der Waals surface area (Å²) in [6.07, 6.45) is -0.337. The van der Waals surface area contributed by atoms with E-state index in [1.165, 1.54) is 6.07 Å². The molecule has 3 heterocycles. The Morgan fingerprint density at radius 1 is 1.19 bits per heavy atom. The van der Waals surface area contributed by atoms with Crippen molar-refractivity contribution in [1.29, 1.82) is 0 Å². The second-order valence-corrected chi connectivity index (χ2v) is 10.2. The third-order valence-electron chi connectivity index (χ3n) is 8.49. The Labute approximate surface area is 186 Å². The lowest BCUT2D eigenvalue weighted by Gasteiger charge is -2.33. The van der Waals surface area contributed by atoms with Crippen LogP contribution < -0.4 is 5.32 Å². The van der Waals surface area contributed by atoms with Crippen LogP contribution >= 0.6 is 0 Å². The Morgan fingerprint density at radius 2 is 1.97 bits per heavy atom. The molecule has 3 aliphatic heterocycles. The van der Waals surface area contributed by atoms with Crippen LogP contribution in [-0.2, 0) is 28.7 Å². The van der Waals surface area contributed by atoms with Crippen molar-refractivity contribution >= 4 is 11.8 Å². The van der Waals surface area contributed by atoms with Gasteiger partial charge in [-0.25, -0.2) is 0 Å². The average molecular weight is 450 g/mol. The Kier molecular flexibility index (Phi) is 5.07. The van der Waals surface area contributed by atoms with E-state index in [-0.39, 0.29) is 42.4 Å². The van der Waals surface area contributed by atoms with Gasteiger partial charge >= 0.3 is 6.18 Å². The first-order chi connectivity index (χ1) is 15.1. The van der Waals surface area contributed by atoms with Crippen molar-refractivity contribution in [2.24, 2.45) is 11.3 Å². The van der Waals surface area contributed by atoms with Gasteiger partial charge in [0.25, 0.3) is 0 Å². The van der Waals surface area contributed by atoms with Gasteiger partial charge in [0.05, 0.1) is 11.0 Å². The predicted molar refractivity (Wildman–Crippen MR) is 113 cm³/mol. The monoisotopic (exact) mass is 449 g/mol. The van der Waals surface area contributed by atoms with E-state index in [2.05, 4.69) is 12.2 Å². The molecule has 1 N–H and O–H groups in total. The first kappa shape index (κ1) is 21.7. The minimum atomic E-state index is -4.38. The topological polar surface area (TPSA) is 52.7 Å². The molecule has 0 bridgehead atoms. The maximum absolute atomic E-state index is 13.6. The third-order valence-corrected chi connectivity index (χ3v) is 8.49. The van der Waals surface area contributed by atoms with Crippen molar-refractivity contribution in [3.8, 4) is 0 Å². The number of nitrogens with zero attached hydrogens (tertiary/aromatic N) is 2. The third kappa shape index (κ3) is 3.42. The van der Waals surface area contributed by atoms with Crippen molar-refractivity contribution in [3.05, 3.63) is 34.9 Å². The summed E-state index contributed by atoms with van der Waals surface area (Å²) in [5.74, 6) is 0.371. The summed E-state index contributed by atoms with van der Waals surface area (Å²) in [6.45, 7) is 5.50. The van der Waals surface area contributed by atoms with Crippen LogP contribution in [-0.4, -0.2) is 52.8 Å². The maximum atomic E-state index is 13.6. The van der Waals surface area contributed by atoms with Crippen LogP contribution in [0.15, 0.2) is 18.2 Å². The Balaban J connectivity index is 1.31.